The third-order valence-corrected chi connectivity index (χ3v) is 4.08. The zero-order chi connectivity index (χ0) is 17.8. The number of carbonyl (C=O) groups excluding carboxylic acids is 1. The molecule has 3 heterocycles. The highest BCUT2D eigenvalue weighted by atomic mass is 16.5. The van der Waals surface area contributed by atoms with Crippen molar-refractivity contribution < 1.29 is 9.32 Å². The van der Waals surface area contributed by atoms with Crippen molar-refractivity contribution in [2.24, 2.45) is 0 Å². The van der Waals surface area contributed by atoms with Crippen LogP contribution in [0.2, 0.25) is 0 Å². The normalized spacial score (nSPS) is 14.9. The smallest absolute Gasteiger partial charge is 0.317 e. The van der Waals surface area contributed by atoms with Gasteiger partial charge in [0, 0.05) is 50.4 Å². The molecule has 2 aromatic heterocycles. The number of hydrogen-bond acceptors (Lipinski definition) is 6. The Morgan fingerprint density at radius 2 is 2.04 bits per heavy atom. The van der Waals surface area contributed by atoms with Crippen molar-refractivity contribution in [3.05, 3.63) is 24.2 Å². The topological polar surface area (TPSA) is 87.4 Å². The van der Waals surface area contributed by atoms with Gasteiger partial charge in [-0.3, -0.25) is 0 Å². The van der Waals surface area contributed by atoms with Gasteiger partial charge in [-0.15, -0.1) is 0 Å². The lowest BCUT2D eigenvalue weighted by molar-refractivity contribution is 0.191. The molecular formula is C17H24N6O2. The second kappa shape index (κ2) is 7.50. The number of hydrogen-bond donors (Lipinski definition) is 1. The highest BCUT2D eigenvalue weighted by Crippen LogP contribution is 2.19. The molecule has 8 nitrogen and oxygen atoms in total. The Bertz CT molecular complexity index is 704. The van der Waals surface area contributed by atoms with Crippen LogP contribution in [0.3, 0.4) is 0 Å². The summed E-state index contributed by atoms with van der Waals surface area (Å²) in [4.78, 5) is 24.9. The minimum atomic E-state index is 0.00166. The van der Waals surface area contributed by atoms with Crippen LogP contribution in [0.1, 0.15) is 26.7 Å². The van der Waals surface area contributed by atoms with Gasteiger partial charge in [0.15, 0.2) is 0 Å². The van der Waals surface area contributed by atoms with Gasteiger partial charge in [-0.2, -0.15) is 4.98 Å². The average molecular weight is 344 g/mol. The van der Waals surface area contributed by atoms with E-state index in [1.54, 1.807) is 6.20 Å². The maximum absolute atomic E-state index is 12.0. The monoisotopic (exact) mass is 344 g/mol. The standard InChI is InChI=1S/C17H24N6O2/c1-4-15-20-16(21-25-15)13-5-6-14(18-11-13)22-7-9-23(10-8-22)17(24)19-12(2)3/h5-6,11-12H,4,7-10H2,1-3H3,(H,19,24). The molecule has 0 bridgehead atoms. The first-order valence-electron chi connectivity index (χ1n) is 8.66. The Labute approximate surface area is 147 Å². The molecule has 134 valence electrons. The molecule has 1 aliphatic rings. The molecule has 0 radical (unpaired) electrons. The number of amides is 2. The summed E-state index contributed by atoms with van der Waals surface area (Å²) >= 11 is 0. The highest BCUT2D eigenvalue weighted by molar-refractivity contribution is 5.74. The first-order valence-corrected chi connectivity index (χ1v) is 8.66. The quantitative estimate of drug-likeness (QED) is 0.912. The van der Waals surface area contributed by atoms with Crippen LogP contribution >= 0.6 is 0 Å². The number of pyridine rings is 1. The maximum Gasteiger partial charge on any atom is 0.317 e. The molecule has 1 saturated heterocycles. The van der Waals surface area contributed by atoms with E-state index >= 15 is 0 Å². The Morgan fingerprint density at radius 3 is 2.60 bits per heavy atom. The molecule has 0 aromatic carbocycles. The number of anilines is 1. The molecule has 1 aliphatic heterocycles. The van der Waals surface area contributed by atoms with Gasteiger partial charge in [0.05, 0.1) is 0 Å². The number of urea groups is 1. The van der Waals surface area contributed by atoms with Crippen LogP contribution in [0, 0.1) is 0 Å². The van der Waals surface area contributed by atoms with Crippen molar-refractivity contribution >= 4 is 11.8 Å². The van der Waals surface area contributed by atoms with Crippen LogP contribution in [0.4, 0.5) is 10.6 Å². The first kappa shape index (κ1) is 17.2. The molecule has 0 saturated carbocycles. The molecule has 1 N–H and O–H groups in total. The lowest BCUT2D eigenvalue weighted by Gasteiger charge is -2.35. The Kier molecular flexibility index (Phi) is 5.16. The van der Waals surface area contributed by atoms with Gasteiger partial charge in [-0.05, 0) is 26.0 Å². The number of nitrogens with zero attached hydrogens (tertiary/aromatic N) is 5. The molecule has 8 heteroatoms. The summed E-state index contributed by atoms with van der Waals surface area (Å²) in [6.45, 7) is 8.80. The van der Waals surface area contributed by atoms with Gasteiger partial charge in [0.25, 0.3) is 0 Å². The third-order valence-electron chi connectivity index (χ3n) is 4.08. The van der Waals surface area contributed by atoms with Gasteiger partial charge >= 0.3 is 6.03 Å². The second-order valence-electron chi connectivity index (χ2n) is 6.35. The highest BCUT2D eigenvalue weighted by Gasteiger charge is 2.22. The lowest BCUT2D eigenvalue weighted by Crippen LogP contribution is -2.53. The maximum atomic E-state index is 12.0. The Hall–Kier alpha value is -2.64. The summed E-state index contributed by atoms with van der Waals surface area (Å²) in [5, 5.41) is 6.89. The summed E-state index contributed by atoms with van der Waals surface area (Å²) in [5.74, 6) is 2.08. The number of carbonyl (C=O) groups is 1. The van der Waals surface area contributed by atoms with Gasteiger partial charge in [0.2, 0.25) is 11.7 Å². The van der Waals surface area contributed by atoms with Gasteiger partial charge in [-0.25, -0.2) is 9.78 Å². The zero-order valence-electron chi connectivity index (χ0n) is 14.9. The van der Waals surface area contributed by atoms with E-state index in [4.69, 9.17) is 4.52 Å². The molecular weight excluding hydrogens is 320 g/mol. The lowest BCUT2D eigenvalue weighted by atomic mass is 10.2. The van der Waals surface area contributed by atoms with Gasteiger partial charge in [0.1, 0.15) is 5.82 Å². The summed E-state index contributed by atoms with van der Waals surface area (Å²) in [5.41, 5.74) is 0.835. The van der Waals surface area contributed by atoms with E-state index in [0.717, 1.165) is 24.5 Å². The fourth-order valence-electron chi connectivity index (χ4n) is 2.70. The van der Waals surface area contributed by atoms with Crippen LogP contribution in [-0.4, -0.2) is 58.3 Å². The van der Waals surface area contributed by atoms with Crippen LogP contribution in [0.25, 0.3) is 11.4 Å². The molecule has 2 aromatic rings. The summed E-state index contributed by atoms with van der Waals surface area (Å²) in [7, 11) is 0. The van der Waals surface area contributed by atoms with Crippen molar-refractivity contribution in [3.8, 4) is 11.4 Å². The number of piperazine rings is 1. The largest absolute Gasteiger partial charge is 0.353 e. The average Bonchev–Trinajstić information content (AvgIpc) is 3.11. The van der Waals surface area contributed by atoms with E-state index in [2.05, 4.69) is 25.3 Å². The molecule has 1 fully saturated rings. The van der Waals surface area contributed by atoms with E-state index in [0.29, 0.717) is 31.2 Å². The van der Waals surface area contributed by atoms with Crippen molar-refractivity contribution in [3.63, 3.8) is 0 Å². The summed E-state index contributed by atoms with van der Waals surface area (Å²) in [6.07, 6.45) is 2.48. The molecule has 0 atom stereocenters. The van der Waals surface area contributed by atoms with Crippen molar-refractivity contribution in [2.75, 3.05) is 31.1 Å². The van der Waals surface area contributed by atoms with E-state index in [-0.39, 0.29) is 12.1 Å². The number of aryl methyl sites for hydroxylation is 1. The molecule has 0 aliphatic carbocycles. The van der Waals surface area contributed by atoms with Crippen LogP contribution in [0.5, 0.6) is 0 Å². The number of nitrogens with one attached hydrogen (secondary N) is 1. The van der Waals surface area contributed by atoms with Crippen molar-refractivity contribution in [1.29, 1.82) is 0 Å². The predicted octanol–water partition coefficient (Wildman–Crippen LogP) is 1.93. The van der Waals surface area contributed by atoms with Crippen LogP contribution in [0.15, 0.2) is 22.9 Å². The SMILES string of the molecule is CCc1nc(-c2ccc(N3CCN(C(=O)NC(C)C)CC3)nc2)no1. The van der Waals surface area contributed by atoms with Crippen molar-refractivity contribution in [1.82, 2.24) is 25.3 Å². The fourth-order valence-corrected chi connectivity index (χ4v) is 2.70. The second-order valence-corrected chi connectivity index (χ2v) is 6.35. The van der Waals surface area contributed by atoms with Gasteiger partial charge < -0.3 is 19.6 Å². The number of aromatic nitrogens is 3. The number of rotatable bonds is 4. The Morgan fingerprint density at radius 1 is 1.28 bits per heavy atom. The van der Waals surface area contributed by atoms with E-state index < -0.39 is 0 Å². The van der Waals surface area contributed by atoms with E-state index in [9.17, 15) is 4.79 Å². The molecule has 0 unspecified atom stereocenters. The Balaban J connectivity index is 1.59. The van der Waals surface area contributed by atoms with Crippen LogP contribution < -0.4 is 10.2 Å². The minimum absolute atomic E-state index is 0.00166. The van der Waals surface area contributed by atoms with E-state index in [1.807, 2.05) is 37.8 Å². The first-order chi connectivity index (χ1) is 12.1. The third kappa shape index (κ3) is 4.07. The summed E-state index contributed by atoms with van der Waals surface area (Å²) < 4.78 is 5.13. The zero-order valence-corrected chi connectivity index (χ0v) is 14.9. The predicted molar refractivity (Wildman–Crippen MR) is 94.4 cm³/mol. The van der Waals surface area contributed by atoms with Crippen molar-refractivity contribution in [2.45, 2.75) is 33.2 Å². The molecule has 0 spiro atoms. The van der Waals surface area contributed by atoms with Gasteiger partial charge in [-0.1, -0.05) is 12.1 Å². The van der Waals surface area contributed by atoms with E-state index in [1.165, 1.54) is 0 Å². The minimum Gasteiger partial charge on any atom is -0.353 e. The molecule has 3 rings (SSSR count). The fraction of sp³-hybridized carbons (Fsp3) is 0.529. The van der Waals surface area contributed by atoms with Crippen LogP contribution in [-0.2, 0) is 6.42 Å². The summed E-state index contributed by atoms with van der Waals surface area (Å²) in [6, 6.07) is 4.06. The molecule has 2 amide bonds. The molecule has 25 heavy (non-hydrogen) atoms.